The SMILES string of the molecule is CCc1nn(CC)c(-c2ccc(OCCC(F)(F)F)cc2OC)c1Cl.O=C=O. The molecule has 1 aromatic heterocycles. The smallest absolute Gasteiger partial charge is 0.392 e. The number of nitrogens with zero attached hydrogens (tertiary/aromatic N) is 2. The predicted molar refractivity (Wildman–Crippen MR) is 95.5 cm³/mol. The molecule has 0 bridgehead atoms. The molecule has 0 amide bonds. The van der Waals surface area contributed by atoms with Crippen molar-refractivity contribution in [3.8, 4) is 22.8 Å². The molecule has 0 saturated carbocycles. The molecule has 0 atom stereocenters. The second kappa shape index (κ2) is 10.7. The van der Waals surface area contributed by atoms with Gasteiger partial charge in [-0.25, -0.2) is 0 Å². The van der Waals surface area contributed by atoms with Crippen LogP contribution in [0.15, 0.2) is 18.2 Å². The molecule has 6 nitrogen and oxygen atoms in total. The first-order valence-electron chi connectivity index (χ1n) is 8.34. The first kappa shape index (κ1) is 23.5. The van der Waals surface area contributed by atoms with Crippen LogP contribution in [-0.4, -0.2) is 35.8 Å². The van der Waals surface area contributed by atoms with Crippen LogP contribution in [0.5, 0.6) is 11.5 Å². The van der Waals surface area contributed by atoms with E-state index in [9.17, 15) is 13.2 Å². The topological polar surface area (TPSA) is 70.4 Å². The third-order valence-electron chi connectivity index (χ3n) is 3.68. The van der Waals surface area contributed by atoms with Gasteiger partial charge in [0.15, 0.2) is 0 Å². The van der Waals surface area contributed by atoms with Crippen LogP contribution in [0.2, 0.25) is 5.02 Å². The maximum absolute atomic E-state index is 12.2. The molecule has 0 N–H and O–H groups in total. The molecule has 0 aliphatic heterocycles. The molecule has 2 aromatic rings. The number of hydrogen-bond acceptors (Lipinski definition) is 5. The van der Waals surface area contributed by atoms with Crippen molar-refractivity contribution in [1.29, 1.82) is 0 Å². The molecule has 0 fully saturated rings. The van der Waals surface area contributed by atoms with Gasteiger partial charge in [0.25, 0.3) is 0 Å². The summed E-state index contributed by atoms with van der Waals surface area (Å²) in [6.45, 7) is 4.10. The molecule has 0 saturated heterocycles. The van der Waals surface area contributed by atoms with Crippen molar-refractivity contribution in [2.45, 2.75) is 39.4 Å². The first-order valence-corrected chi connectivity index (χ1v) is 8.72. The summed E-state index contributed by atoms with van der Waals surface area (Å²) >= 11 is 6.45. The molecule has 2 rings (SSSR count). The fraction of sp³-hybridized carbons (Fsp3) is 0.444. The summed E-state index contributed by atoms with van der Waals surface area (Å²) in [6.07, 6.45) is -4.31. The minimum atomic E-state index is -4.25. The molecular weight excluding hydrogens is 401 g/mol. The molecule has 0 spiro atoms. The number of carbonyl (C=O) groups excluding carboxylic acids is 2. The highest BCUT2D eigenvalue weighted by Gasteiger charge is 2.27. The van der Waals surface area contributed by atoms with Gasteiger partial charge in [-0.3, -0.25) is 4.68 Å². The van der Waals surface area contributed by atoms with E-state index in [0.717, 1.165) is 11.4 Å². The molecule has 1 heterocycles. The average molecular weight is 421 g/mol. The number of rotatable bonds is 7. The minimum Gasteiger partial charge on any atom is -0.496 e. The Kier molecular flexibility index (Phi) is 9.02. The summed E-state index contributed by atoms with van der Waals surface area (Å²) in [5.74, 6) is 0.767. The van der Waals surface area contributed by atoms with Crippen molar-refractivity contribution < 1.29 is 32.2 Å². The van der Waals surface area contributed by atoms with Gasteiger partial charge in [-0.2, -0.15) is 27.9 Å². The average Bonchev–Trinajstić information content (AvgIpc) is 2.96. The van der Waals surface area contributed by atoms with Crippen molar-refractivity contribution in [2.75, 3.05) is 13.7 Å². The lowest BCUT2D eigenvalue weighted by Crippen LogP contribution is -2.13. The molecule has 10 heteroatoms. The van der Waals surface area contributed by atoms with E-state index in [2.05, 4.69) is 5.10 Å². The van der Waals surface area contributed by atoms with E-state index < -0.39 is 19.2 Å². The first-order chi connectivity index (χ1) is 13.2. The zero-order valence-corrected chi connectivity index (χ0v) is 16.4. The lowest BCUT2D eigenvalue weighted by atomic mass is 10.1. The lowest BCUT2D eigenvalue weighted by Gasteiger charge is -2.14. The van der Waals surface area contributed by atoms with Crippen LogP contribution >= 0.6 is 11.6 Å². The fourth-order valence-corrected chi connectivity index (χ4v) is 2.81. The Bertz CT molecular complexity index is 816. The Balaban J connectivity index is 0.00000122. The van der Waals surface area contributed by atoms with Crippen LogP contribution < -0.4 is 9.47 Å². The molecular formula is C18H20ClF3N2O4. The number of aryl methyl sites for hydroxylation is 2. The Morgan fingerprint density at radius 3 is 2.39 bits per heavy atom. The molecule has 0 aliphatic carbocycles. The van der Waals surface area contributed by atoms with E-state index in [0.29, 0.717) is 35.1 Å². The standard InChI is InChI=1S/C17H20ClF3N2O2.CO2/c1-4-13-15(18)16(23(5-2)22-13)12-7-6-11(10-14(12)24-3)25-9-8-17(19,20)21;2-1-3/h6-7,10H,4-5,8-9H2,1-3H3;. The number of hydrogen-bond donors (Lipinski definition) is 0. The van der Waals surface area contributed by atoms with Crippen LogP contribution in [0.25, 0.3) is 11.3 Å². The molecule has 0 radical (unpaired) electrons. The Morgan fingerprint density at radius 2 is 1.89 bits per heavy atom. The molecule has 1 aromatic carbocycles. The summed E-state index contributed by atoms with van der Waals surface area (Å²) in [7, 11) is 1.49. The Hall–Kier alpha value is -2.51. The van der Waals surface area contributed by atoms with Crippen molar-refractivity contribution in [3.63, 3.8) is 0 Å². The molecule has 0 unspecified atom stereocenters. The maximum Gasteiger partial charge on any atom is 0.392 e. The van der Waals surface area contributed by atoms with Gasteiger partial charge in [0, 0.05) is 18.2 Å². The summed E-state index contributed by atoms with van der Waals surface area (Å²) in [4.78, 5) is 16.2. The number of ether oxygens (including phenoxy) is 2. The van der Waals surface area contributed by atoms with Gasteiger partial charge in [-0.05, 0) is 25.5 Å². The maximum atomic E-state index is 12.2. The zero-order chi connectivity index (χ0) is 21.3. The summed E-state index contributed by atoms with van der Waals surface area (Å²) in [6, 6.07) is 4.88. The van der Waals surface area contributed by atoms with Crippen molar-refractivity contribution in [2.24, 2.45) is 0 Å². The number of benzene rings is 1. The van der Waals surface area contributed by atoms with E-state index in [1.54, 1.807) is 22.9 Å². The minimum absolute atomic E-state index is 0.250. The normalized spacial score (nSPS) is 10.7. The van der Waals surface area contributed by atoms with E-state index in [4.69, 9.17) is 30.7 Å². The van der Waals surface area contributed by atoms with E-state index in [-0.39, 0.29) is 6.15 Å². The van der Waals surface area contributed by atoms with Crippen LogP contribution in [0.3, 0.4) is 0 Å². The quantitative estimate of drug-likeness (QED) is 0.657. The number of methoxy groups -OCH3 is 1. The van der Waals surface area contributed by atoms with Gasteiger partial charge in [0.2, 0.25) is 0 Å². The molecule has 154 valence electrons. The van der Waals surface area contributed by atoms with Gasteiger partial charge in [-0.1, -0.05) is 18.5 Å². The highest BCUT2D eigenvalue weighted by atomic mass is 35.5. The van der Waals surface area contributed by atoms with E-state index in [1.165, 1.54) is 7.11 Å². The zero-order valence-electron chi connectivity index (χ0n) is 15.6. The summed E-state index contributed by atoms with van der Waals surface area (Å²) in [5.41, 5.74) is 2.22. The third kappa shape index (κ3) is 6.28. The highest BCUT2D eigenvalue weighted by Crippen LogP contribution is 2.38. The van der Waals surface area contributed by atoms with Crippen molar-refractivity contribution in [1.82, 2.24) is 9.78 Å². The van der Waals surface area contributed by atoms with Gasteiger partial charge < -0.3 is 9.47 Å². The number of aromatic nitrogens is 2. The summed E-state index contributed by atoms with van der Waals surface area (Å²) < 4.78 is 49.0. The fourth-order valence-electron chi connectivity index (χ4n) is 2.44. The van der Waals surface area contributed by atoms with E-state index in [1.807, 2.05) is 13.8 Å². The molecule has 28 heavy (non-hydrogen) atoms. The van der Waals surface area contributed by atoms with Crippen LogP contribution in [0, 0.1) is 0 Å². The lowest BCUT2D eigenvalue weighted by molar-refractivity contribution is -0.191. The number of halogens is 4. The second-order valence-corrected chi connectivity index (χ2v) is 5.82. The van der Waals surface area contributed by atoms with Crippen LogP contribution in [0.4, 0.5) is 13.2 Å². The Morgan fingerprint density at radius 1 is 1.25 bits per heavy atom. The monoisotopic (exact) mass is 420 g/mol. The largest absolute Gasteiger partial charge is 0.496 e. The predicted octanol–water partition coefficient (Wildman–Crippen LogP) is 4.54. The summed E-state index contributed by atoms with van der Waals surface area (Å²) in [5, 5.41) is 5.02. The van der Waals surface area contributed by atoms with Crippen molar-refractivity contribution in [3.05, 3.63) is 28.9 Å². The number of alkyl halides is 3. The van der Waals surface area contributed by atoms with E-state index >= 15 is 0 Å². The van der Waals surface area contributed by atoms with Crippen LogP contribution in [0.1, 0.15) is 26.0 Å². The van der Waals surface area contributed by atoms with Crippen LogP contribution in [-0.2, 0) is 22.6 Å². The van der Waals surface area contributed by atoms with Gasteiger partial charge in [-0.15, -0.1) is 0 Å². The Labute approximate surface area is 165 Å². The van der Waals surface area contributed by atoms with Gasteiger partial charge in [0.05, 0.1) is 36.5 Å². The second-order valence-electron chi connectivity index (χ2n) is 5.44. The highest BCUT2D eigenvalue weighted by molar-refractivity contribution is 6.33. The van der Waals surface area contributed by atoms with Crippen molar-refractivity contribution >= 4 is 17.8 Å². The third-order valence-corrected chi connectivity index (χ3v) is 4.07. The van der Waals surface area contributed by atoms with Gasteiger partial charge in [0.1, 0.15) is 11.5 Å². The van der Waals surface area contributed by atoms with Gasteiger partial charge >= 0.3 is 12.3 Å². The molecule has 0 aliphatic rings.